The second kappa shape index (κ2) is 5.68. The van der Waals surface area contributed by atoms with Crippen molar-refractivity contribution in [1.29, 1.82) is 0 Å². The minimum atomic E-state index is -0.610. The number of hydrogen-bond acceptors (Lipinski definition) is 6. The number of rotatable bonds is 4. The van der Waals surface area contributed by atoms with Crippen molar-refractivity contribution in [3.05, 3.63) is 11.5 Å². The van der Waals surface area contributed by atoms with E-state index in [1.54, 1.807) is 4.57 Å². The fourth-order valence-corrected chi connectivity index (χ4v) is 3.58. The summed E-state index contributed by atoms with van der Waals surface area (Å²) in [6, 6.07) is 0. The topological polar surface area (TPSA) is 133 Å². The van der Waals surface area contributed by atoms with Crippen LogP contribution in [-0.4, -0.2) is 49.3 Å². The van der Waals surface area contributed by atoms with Crippen molar-refractivity contribution >= 4 is 28.9 Å². The third-order valence-electron chi connectivity index (χ3n) is 4.99. The molecule has 1 saturated carbocycles. The highest BCUT2D eigenvalue weighted by Gasteiger charge is 2.38. The van der Waals surface area contributed by atoms with Crippen molar-refractivity contribution in [2.24, 2.45) is 11.7 Å². The highest BCUT2D eigenvalue weighted by Crippen LogP contribution is 2.36. The van der Waals surface area contributed by atoms with Gasteiger partial charge in [-0.3, -0.25) is 9.59 Å². The first-order valence-electron chi connectivity index (χ1n) is 8.61. The zero-order valence-corrected chi connectivity index (χ0v) is 14.1. The van der Waals surface area contributed by atoms with E-state index in [0.29, 0.717) is 36.5 Å². The average molecular weight is 343 g/mol. The molecule has 132 valence electrons. The highest BCUT2D eigenvalue weighted by molar-refractivity contribution is 5.93. The van der Waals surface area contributed by atoms with Crippen molar-refractivity contribution in [1.82, 2.24) is 24.4 Å². The van der Waals surface area contributed by atoms with Gasteiger partial charge in [-0.25, -0.2) is 9.97 Å². The Morgan fingerprint density at radius 3 is 2.60 bits per heavy atom. The van der Waals surface area contributed by atoms with Gasteiger partial charge in [0.1, 0.15) is 5.52 Å². The fourth-order valence-electron chi connectivity index (χ4n) is 3.58. The zero-order chi connectivity index (χ0) is 17.7. The predicted octanol–water partition coefficient (Wildman–Crippen LogP) is 0.253. The van der Waals surface area contributed by atoms with Crippen molar-refractivity contribution in [2.75, 3.05) is 18.8 Å². The number of aryl methyl sites for hydroxylation is 1. The van der Waals surface area contributed by atoms with Gasteiger partial charge in [-0.2, -0.15) is 4.98 Å². The molecule has 1 saturated heterocycles. The summed E-state index contributed by atoms with van der Waals surface area (Å²) in [6.07, 6.45) is 2.79. The highest BCUT2D eigenvalue weighted by atomic mass is 16.2. The van der Waals surface area contributed by atoms with Crippen LogP contribution in [0.5, 0.6) is 0 Å². The van der Waals surface area contributed by atoms with Gasteiger partial charge in [0.2, 0.25) is 17.7 Å². The lowest BCUT2D eigenvalue weighted by Gasteiger charge is -2.16. The Labute approximate surface area is 144 Å². The Balaban J connectivity index is 1.74. The maximum atomic E-state index is 12.3. The molecule has 2 fully saturated rings. The molecular weight excluding hydrogens is 322 g/mol. The lowest BCUT2D eigenvalue weighted by atomic mass is 10.0. The molecule has 2 aliphatic rings. The Morgan fingerprint density at radius 2 is 1.96 bits per heavy atom. The zero-order valence-electron chi connectivity index (χ0n) is 14.1. The summed E-state index contributed by atoms with van der Waals surface area (Å²) in [5.74, 6) is 0.160. The molecule has 4 rings (SSSR count). The molecule has 1 aliphatic carbocycles. The number of nitrogens with zero attached hydrogens (tertiary/aromatic N) is 5. The van der Waals surface area contributed by atoms with E-state index in [4.69, 9.17) is 11.5 Å². The van der Waals surface area contributed by atoms with Crippen LogP contribution in [0.15, 0.2) is 0 Å². The van der Waals surface area contributed by atoms with Crippen molar-refractivity contribution in [3.8, 4) is 0 Å². The van der Waals surface area contributed by atoms with E-state index in [9.17, 15) is 9.59 Å². The Hall–Kier alpha value is -2.71. The normalized spacial score (nSPS) is 20.4. The molecule has 3 heterocycles. The molecule has 0 radical (unpaired) electrons. The summed E-state index contributed by atoms with van der Waals surface area (Å²) < 4.78 is 1.65. The smallest absolute Gasteiger partial charge is 0.284 e. The van der Waals surface area contributed by atoms with Crippen LogP contribution in [0.3, 0.4) is 0 Å². The average Bonchev–Trinajstić information content (AvgIpc) is 3.19. The van der Waals surface area contributed by atoms with Gasteiger partial charge in [-0.1, -0.05) is 0 Å². The number of primary amides is 1. The molecule has 1 unspecified atom stereocenters. The van der Waals surface area contributed by atoms with E-state index < -0.39 is 5.91 Å². The number of hydrogen-bond donors (Lipinski definition) is 2. The number of imidazole rings is 1. The second-order valence-electron chi connectivity index (χ2n) is 6.73. The van der Waals surface area contributed by atoms with E-state index in [1.807, 2.05) is 11.8 Å². The molecule has 0 aromatic carbocycles. The number of amides is 2. The number of nitrogen functional groups attached to an aromatic ring is 1. The third-order valence-corrected chi connectivity index (χ3v) is 4.99. The summed E-state index contributed by atoms with van der Waals surface area (Å²) in [6.45, 7) is 3.70. The van der Waals surface area contributed by atoms with Crippen LogP contribution in [0.25, 0.3) is 11.2 Å². The Kier molecular flexibility index (Phi) is 3.59. The Morgan fingerprint density at radius 1 is 1.20 bits per heavy atom. The van der Waals surface area contributed by atoms with Crippen LogP contribution < -0.4 is 11.5 Å². The quantitative estimate of drug-likeness (QED) is 0.817. The van der Waals surface area contributed by atoms with Gasteiger partial charge in [-0.05, 0) is 26.2 Å². The molecule has 0 spiro atoms. The summed E-state index contributed by atoms with van der Waals surface area (Å²) in [7, 11) is 0. The number of carbonyl (C=O) groups excluding carboxylic acids is 2. The first-order valence-corrected chi connectivity index (χ1v) is 8.61. The van der Waals surface area contributed by atoms with Gasteiger partial charge >= 0.3 is 0 Å². The molecular formula is C16H21N7O2. The van der Waals surface area contributed by atoms with Gasteiger partial charge in [0.25, 0.3) is 5.91 Å². The van der Waals surface area contributed by atoms with Gasteiger partial charge in [0, 0.05) is 31.5 Å². The van der Waals surface area contributed by atoms with Crippen LogP contribution >= 0.6 is 0 Å². The van der Waals surface area contributed by atoms with Gasteiger partial charge in [-0.15, -0.1) is 0 Å². The van der Waals surface area contributed by atoms with E-state index in [-0.39, 0.29) is 29.5 Å². The van der Waals surface area contributed by atoms with Crippen molar-refractivity contribution < 1.29 is 9.59 Å². The number of fused-ring (bicyclic) bond motifs is 1. The van der Waals surface area contributed by atoms with Crippen LogP contribution in [0.4, 0.5) is 5.95 Å². The molecule has 0 bridgehead atoms. The SMILES string of the molecule is CCn1c(C(N)=O)nc2c(C3CCN(C(=O)C4CC4)C3)nc(N)nc21. The summed E-state index contributed by atoms with van der Waals surface area (Å²) in [5.41, 5.74) is 13.1. The second-order valence-corrected chi connectivity index (χ2v) is 6.73. The third kappa shape index (κ3) is 2.59. The van der Waals surface area contributed by atoms with Crippen LogP contribution in [0, 0.1) is 5.92 Å². The Bertz CT molecular complexity index is 871. The van der Waals surface area contributed by atoms with Gasteiger partial charge in [0.05, 0.1) is 5.69 Å². The molecule has 4 N–H and O–H groups in total. The number of carbonyl (C=O) groups is 2. The summed E-state index contributed by atoms with van der Waals surface area (Å²) in [4.78, 5) is 38.9. The molecule has 2 aromatic rings. The number of nitrogens with two attached hydrogens (primary N) is 2. The van der Waals surface area contributed by atoms with Crippen LogP contribution in [0.2, 0.25) is 0 Å². The molecule has 9 heteroatoms. The lowest BCUT2D eigenvalue weighted by Crippen LogP contribution is -2.29. The molecule has 2 aromatic heterocycles. The maximum Gasteiger partial charge on any atom is 0.284 e. The fraction of sp³-hybridized carbons (Fsp3) is 0.562. The van der Waals surface area contributed by atoms with Crippen molar-refractivity contribution in [2.45, 2.75) is 38.6 Å². The van der Waals surface area contributed by atoms with E-state index in [2.05, 4.69) is 15.0 Å². The van der Waals surface area contributed by atoms with Crippen molar-refractivity contribution in [3.63, 3.8) is 0 Å². The number of aromatic nitrogens is 4. The minimum absolute atomic E-state index is 0.0384. The largest absolute Gasteiger partial charge is 0.368 e. The summed E-state index contributed by atoms with van der Waals surface area (Å²) in [5, 5.41) is 0. The summed E-state index contributed by atoms with van der Waals surface area (Å²) >= 11 is 0. The molecule has 1 atom stereocenters. The van der Waals surface area contributed by atoms with E-state index in [0.717, 1.165) is 19.3 Å². The maximum absolute atomic E-state index is 12.3. The number of anilines is 1. The van der Waals surface area contributed by atoms with Crippen LogP contribution in [0.1, 0.15) is 48.4 Å². The van der Waals surface area contributed by atoms with Crippen LogP contribution in [-0.2, 0) is 11.3 Å². The molecule has 1 aliphatic heterocycles. The van der Waals surface area contributed by atoms with E-state index >= 15 is 0 Å². The minimum Gasteiger partial charge on any atom is -0.368 e. The monoisotopic (exact) mass is 343 g/mol. The first kappa shape index (κ1) is 15.8. The van der Waals surface area contributed by atoms with Gasteiger partial charge in [0.15, 0.2) is 5.65 Å². The molecule has 2 amide bonds. The predicted molar refractivity (Wildman–Crippen MR) is 90.6 cm³/mol. The van der Waals surface area contributed by atoms with Gasteiger partial charge < -0.3 is 20.9 Å². The van der Waals surface area contributed by atoms with E-state index in [1.165, 1.54) is 0 Å². The molecule has 9 nitrogen and oxygen atoms in total. The molecule has 25 heavy (non-hydrogen) atoms. The number of likely N-dealkylation sites (tertiary alicyclic amines) is 1. The first-order chi connectivity index (χ1) is 12.0. The standard InChI is InChI=1S/C16H21N7O2/c1-2-23-13-11(19-14(23)12(17)24)10(20-16(18)21-13)9-5-6-22(7-9)15(25)8-3-4-8/h8-9H,2-7H2,1H3,(H2,17,24)(H2,18,20,21). The lowest BCUT2D eigenvalue weighted by molar-refractivity contribution is -0.131.